The molecule has 5 heteroatoms. The Morgan fingerprint density at radius 3 is 2.00 bits per heavy atom. The van der Waals surface area contributed by atoms with Gasteiger partial charge in [0, 0.05) is 12.1 Å². The Morgan fingerprint density at radius 1 is 1.06 bits per heavy atom. The first-order valence-corrected chi connectivity index (χ1v) is 4.54. The summed E-state index contributed by atoms with van der Waals surface area (Å²) in [5, 5.41) is 0. The van der Waals surface area contributed by atoms with Gasteiger partial charge in [0.05, 0.1) is 21.3 Å². The van der Waals surface area contributed by atoms with Crippen LogP contribution in [0, 0.1) is 0 Å². The number of hydrogen-bond donors (Lipinski definition) is 0. The summed E-state index contributed by atoms with van der Waals surface area (Å²) >= 11 is 0. The van der Waals surface area contributed by atoms with Gasteiger partial charge in [-0.15, -0.1) is 0 Å². The number of rotatable bonds is 6. The Bertz CT molecular complexity index is 336. The second kappa shape index (κ2) is 5.85. The van der Waals surface area contributed by atoms with E-state index in [9.17, 15) is 4.79 Å². The SMILES string of the molecule is COc1cc(OC[C]=O)cc(OC)c1OC. The summed E-state index contributed by atoms with van der Waals surface area (Å²) < 4.78 is 20.5. The number of ether oxygens (including phenoxy) is 4. The molecule has 87 valence electrons. The largest absolute Gasteiger partial charge is 0.493 e. The molecule has 0 N–H and O–H groups in total. The number of benzene rings is 1. The summed E-state index contributed by atoms with van der Waals surface area (Å²) in [6, 6.07) is 3.22. The summed E-state index contributed by atoms with van der Waals surface area (Å²) in [7, 11) is 4.53. The maximum atomic E-state index is 10.1. The lowest BCUT2D eigenvalue weighted by Crippen LogP contribution is -2.00. The van der Waals surface area contributed by atoms with Gasteiger partial charge in [-0.1, -0.05) is 0 Å². The van der Waals surface area contributed by atoms with Crippen molar-refractivity contribution in [2.45, 2.75) is 0 Å². The minimum absolute atomic E-state index is 0.140. The van der Waals surface area contributed by atoms with Crippen molar-refractivity contribution >= 4 is 6.29 Å². The fourth-order valence-corrected chi connectivity index (χ4v) is 1.25. The minimum Gasteiger partial charge on any atom is -0.493 e. The fraction of sp³-hybridized carbons (Fsp3) is 0.364. The molecule has 0 saturated carbocycles. The molecule has 0 aliphatic carbocycles. The van der Waals surface area contributed by atoms with Gasteiger partial charge in [0.15, 0.2) is 18.1 Å². The Morgan fingerprint density at radius 2 is 1.62 bits per heavy atom. The van der Waals surface area contributed by atoms with Crippen molar-refractivity contribution in [3.63, 3.8) is 0 Å². The van der Waals surface area contributed by atoms with Gasteiger partial charge in [-0.05, 0) is 0 Å². The first-order chi connectivity index (χ1) is 7.76. The topological polar surface area (TPSA) is 54.0 Å². The Labute approximate surface area is 93.9 Å². The molecule has 1 aromatic carbocycles. The maximum Gasteiger partial charge on any atom is 0.239 e. The van der Waals surface area contributed by atoms with E-state index < -0.39 is 0 Å². The molecular weight excluding hydrogens is 212 g/mol. The highest BCUT2D eigenvalue weighted by Crippen LogP contribution is 2.40. The molecule has 0 aliphatic rings. The fourth-order valence-electron chi connectivity index (χ4n) is 1.25. The van der Waals surface area contributed by atoms with E-state index in [1.54, 1.807) is 18.4 Å². The Balaban J connectivity index is 3.09. The zero-order valence-electron chi connectivity index (χ0n) is 9.40. The van der Waals surface area contributed by atoms with E-state index in [0.717, 1.165) is 0 Å². The molecule has 0 aromatic heterocycles. The predicted octanol–water partition coefficient (Wildman–Crippen LogP) is 1.20. The van der Waals surface area contributed by atoms with Crippen LogP contribution < -0.4 is 18.9 Å². The molecule has 0 atom stereocenters. The van der Waals surface area contributed by atoms with Crippen LogP contribution in [0.25, 0.3) is 0 Å². The van der Waals surface area contributed by atoms with E-state index >= 15 is 0 Å². The number of methoxy groups -OCH3 is 3. The lowest BCUT2D eigenvalue weighted by molar-refractivity contribution is 0.314. The lowest BCUT2D eigenvalue weighted by atomic mass is 10.2. The first-order valence-electron chi connectivity index (χ1n) is 4.54. The smallest absolute Gasteiger partial charge is 0.239 e. The molecule has 1 rings (SSSR count). The monoisotopic (exact) mass is 225 g/mol. The Kier molecular flexibility index (Phi) is 4.44. The zero-order valence-corrected chi connectivity index (χ0v) is 9.40. The van der Waals surface area contributed by atoms with Gasteiger partial charge in [-0.25, -0.2) is 0 Å². The van der Waals surface area contributed by atoms with Crippen LogP contribution in [0.4, 0.5) is 0 Å². The zero-order chi connectivity index (χ0) is 12.0. The van der Waals surface area contributed by atoms with Crippen LogP contribution in [0.15, 0.2) is 12.1 Å². The van der Waals surface area contributed by atoms with Crippen LogP contribution >= 0.6 is 0 Å². The van der Waals surface area contributed by atoms with Crippen LogP contribution in [0.1, 0.15) is 0 Å². The molecule has 0 unspecified atom stereocenters. The van der Waals surface area contributed by atoms with Crippen molar-refractivity contribution in [1.29, 1.82) is 0 Å². The summed E-state index contributed by atoms with van der Waals surface area (Å²) in [4.78, 5) is 10.1. The average Bonchev–Trinajstić information content (AvgIpc) is 2.34. The lowest BCUT2D eigenvalue weighted by Gasteiger charge is -2.13. The first kappa shape index (κ1) is 12.2. The second-order valence-electron chi connectivity index (χ2n) is 2.79. The van der Waals surface area contributed by atoms with Gasteiger partial charge in [0.1, 0.15) is 5.75 Å². The van der Waals surface area contributed by atoms with Crippen molar-refractivity contribution in [3.05, 3.63) is 12.1 Å². The van der Waals surface area contributed by atoms with Crippen LogP contribution in [0.3, 0.4) is 0 Å². The molecule has 0 saturated heterocycles. The average molecular weight is 225 g/mol. The normalized spacial score (nSPS) is 9.44. The predicted molar refractivity (Wildman–Crippen MR) is 57.3 cm³/mol. The summed E-state index contributed by atoms with van der Waals surface area (Å²) in [5.74, 6) is 1.88. The third-order valence-electron chi connectivity index (χ3n) is 1.94. The number of hydrogen-bond acceptors (Lipinski definition) is 5. The molecule has 16 heavy (non-hydrogen) atoms. The van der Waals surface area contributed by atoms with E-state index in [0.29, 0.717) is 23.0 Å². The standard InChI is InChI=1S/C11H13O5/c1-13-9-6-8(16-5-4-12)7-10(14-2)11(9)15-3/h6-7H,5H2,1-3H3. The molecule has 0 fully saturated rings. The molecule has 0 aliphatic heterocycles. The molecule has 1 aromatic rings. The van der Waals surface area contributed by atoms with Crippen LogP contribution in [-0.4, -0.2) is 34.2 Å². The highest BCUT2D eigenvalue weighted by atomic mass is 16.5. The van der Waals surface area contributed by atoms with Crippen LogP contribution in [0.5, 0.6) is 23.0 Å². The molecule has 0 amide bonds. The molecule has 0 bridgehead atoms. The van der Waals surface area contributed by atoms with E-state index in [1.165, 1.54) is 21.3 Å². The molecule has 1 radical (unpaired) electrons. The van der Waals surface area contributed by atoms with Crippen molar-refractivity contribution < 1.29 is 23.7 Å². The van der Waals surface area contributed by atoms with Crippen LogP contribution in [0.2, 0.25) is 0 Å². The van der Waals surface area contributed by atoms with E-state index in [-0.39, 0.29) is 6.61 Å². The second-order valence-corrected chi connectivity index (χ2v) is 2.79. The van der Waals surface area contributed by atoms with E-state index in [1.807, 2.05) is 0 Å². The third kappa shape index (κ3) is 2.56. The summed E-state index contributed by atoms with van der Waals surface area (Å²) in [6.45, 7) is -0.140. The minimum atomic E-state index is -0.140. The van der Waals surface area contributed by atoms with Gasteiger partial charge in [-0.2, -0.15) is 0 Å². The molecule has 0 spiro atoms. The molecule has 5 nitrogen and oxygen atoms in total. The maximum absolute atomic E-state index is 10.1. The van der Waals surface area contributed by atoms with Gasteiger partial charge in [0.25, 0.3) is 0 Å². The van der Waals surface area contributed by atoms with Gasteiger partial charge < -0.3 is 18.9 Å². The van der Waals surface area contributed by atoms with Crippen LogP contribution in [-0.2, 0) is 4.79 Å². The highest BCUT2D eigenvalue weighted by molar-refractivity contribution is 5.57. The van der Waals surface area contributed by atoms with Gasteiger partial charge in [-0.3, -0.25) is 4.79 Å². The van der Waals surface area contributed by atoms with Crippen molar-refractivity contribution in [3.8, 4) is 23.0 Å². The molecule has 0 heterocycles. The van der Waals surface area contributed by atoms with Gasteiger partial charge >= 0.3 is 0 Å². The summed E-state index contributed by atoms with van der Waals surface area (Å²) in [5.41, 5.74) is 0. The highest BCUT2D eigenvalue weighted by Gasteiger charge is 2.13. The van der Waals surface area contributed by atoms with Crippen molar-refractivity contribution in [2.75, 3.05) is 27.9 Å². The van der Waals surface area contributed by atoms with E-state index in [2.05, 4.69) is 0 Å². The molecular formula is C11H13O5. The Hall–Kier alpha value is -1.91. The van der Waals surface area contributed by atoms with Crippen molar-refractivity contribution in [2.24, 2.45) is 0 Å². The summed E-state index contributed by atoms with van der Waals surface area (Å²) in [6.07, 6.45) is 1.63. The number of carbonyl (C=O) groups excluding carboxylic acids is 1. The van der Waals surface area contributed by atoms with E-state index in [4.69, 9.17) is 18.9 Å². The quantitative estimate of drug-likeness (QED) is 0.728. The van der Waals surface area contributed by atoms with Gasteiger partial charge in [0.2, 0.25) is 12.0 Å². The van der Waals surface area contributed by atoms with Crippen molar-refractivity contribution in [1.82, 2.24) is 0 Å². The third-order valence-corrected chi connectivity index (χ3v) is 1.94.